The van der Waals surface area contributed by atoms with Crippen LogP contribution in [0.15, 0.2) is 34.7 Å². The molecule has 2 heterocycles. The first-order chi connectivity index (χ1) is 10.1. The van der Waals surface area contributed by atoms with Crippen molar-refractivity contribution in [2.45, 2.75) is 32.7 Å². The van der Waals surface area contributed by atoms with Crippen LogP contribution in [-0.2, 0) is 0 Å². The highest BCUT2D eigenvalue weighted by atomic mass is 16.3. The average molecular weight is 286 g/mol. The molecule has 3 rings (SSSR count). The molecule has 0 spiro atoms. The third kappa shape index (κ3) is 3.30. The highest BCUT2D eigenvalue weighted by molar-refractivity contribution is 5.77. The van der Waals surface area contributed by atoms with Gasteiger partial charge in [-0.05, 0) is 49.9 Å². The second kappa shape index (κ2) is 6.20. The first kappa shape index (κ1) is 14.6. The van der Waals surface area contributed by atoms with Crippen LogP contribution in [0, 0.1) is 11.8 Å². The molecule has 2 N–H and O–H groups in total. The third-order valence-corrected chi connectivity index (χ3v) is 4.84. The highest BCUT2D eigenvalue weighted by Crippen LogP contribution is 2.27. The first-order valence-electron chi connectivity index (χ1n) is 8.10. The molecule has 1 atom stereocenters. The summed E-state index contributed by atoms with van der Waals surface area (Å²) in [6.45, 7) is 7.89. The molecule has 0 saturated carbocycles. The van der Waals surface area contributed by atoms with Gasteiger partial charge in [0.25, 0.3) is 0 Å². The average Bonchev–Trinajstić information content (AvgIpc) is 2.92. The van der Waals surface area contributed by atoms with E-state index in [2.05, 4.69) is 30.9 Å². The molecule has 1 aliphatic heterocycles. The van der Waals surface area contributed by atoms with E-state index in [1.165, 1.54) is 12.8 Å². The Morgan fingerprint density at radius 1 is 1.24 bits per heavy atom. The number of nitrogens with zero attached hydrogens (tertiary/aromatic N) is 1. The molecule has 1 aliphatic rings. The van der Waals surface area contributed by atoms with Gasteiger partial charge in [0.05, 0.1) is 6.04 Å². The number of likely N-dealkylation sites (tertiary alicyclic amines) is 1. The summed E-state index contributed by atoms with van der Waals surface area (Å²) in [5, 5.41) is 1.14. The number of fused-ring (bicyclic) bond motifs is 1. The molecule has 2 aromatic rings. The number of furan rings is 1. The fraction of sp³-hybridized carbons (Fsp3) is 0.556. The van der Waals surface area contributed by atoms with E-state index in [1.54, 1.807) is 0 Å². The molecular formula is C18H26N2O. The predicted octanol–water partition coefficient (Wildman–Crippen LogP) is 3.80. The van der Waals surface area contributed by atoms with E-state index >= 15 is 0 Å². The lowest BCUT2D eigenvalue weighted by molar-refractivity contribution is 0.148. The zero-order valence-corrected chi connectivity index (χ0v) is 13.1. The molecule has 1 aromatic heterocycles. The molecular weight excluding hydrogens is 260 g/mol. The van der Waals surface area contributed by atoms with Crippen molar-refractivity contribution < 1.29 is 4.42 Å². The van der Waals surface area contributed by atoms with Gasteiger partial charge in [-0.25, -0.2) is 0 Å². The van der Waals surface area contributed by atoms with E-state index in [0.717, 1.165) is 48.2 Å². The largest absolute Gasteiger partial charge is 0.459 e. The molecule has 1 unspecified atom stereocenters. The van der Waals surface area contributed by atoms with Crippen LogP contribution >= 0.6 is 0 Å². The Morgan fingerprint density at radius 3 is 2.62 bits per heavy atom. The summed E-state index contributed by atoms with van der Waals surface area (Å²) in [5.41, 5.74) is 7.28. The molecule has 1 fully saturated rings. The summed E-state index contributed by atoms with van der Waals surface area (Å²) in [4.78, 5) is 2.48. The van der Waals surface area contributed by atoms with Crippen LogP contribution in [-0.4, -0.2) is 24.5 Å². The Bertz CT molecular complexity index is 549. The van der Waals surface area contributed by atoms with E-state index in [1.807, 2.05) is 18.2 Å². The first-order valence-corrected chi connectivity index (χ1v) is 8.10. The minimum absolute atomic E-state index is 0.0343. The fourth-order valence-corrected chi connectivity index (χ4v) is 3.36. The van der Waals surface area contributed by atoms with Crippen molar-refractivity contribution in [1.29, 1.82) is 0 Å². The Labute approximate surface area is 127 Å². The molecule has 0 amide bonds. The number of nitrogens with two attached hydrogens (primary N) is 1. The molecule has 0 radical (unpaired) electrons. The maximum atomic E-state index is 6.35. The zero-order chi connectivity index (χ0) is 14.8. The third-order valence-electron chi connectivity index (χ3n) is 4.84. The fourth-order valence-electron chi connectivity index (χ4n) is 3.36. The molecule has 114 valence electrons. The number of hydrogen-bond donors (Lipinski definition) is 1. The Kier molecular flexibility index (Phi) is 4.32. The van der Waals surface area contributed by atoms with E-state index in [9.17, 15) is 0 Å². The molecule has 3 nitrogen and oxygen atoms in total. The van der Waals surface area contributed by atoms with Crippen molar-refractivity contribution >= 4 is 11.0 Å². The van der Waals surface area contributed by atoms with Gasteiger partial charge in [-0.3, -0.25) is 0 Å². The van der Waals surface area contributed by atoms with Crippen LogP contribution in [0.1, 0.15) is 38.5 Å². The minimum atomic E-state index is -0.0343. The number of benzene rings is 1. The summed E-state index contributed by atoms with van der Waals surface area (Å²) >= 11 is 0. The van der Waals surface area contributed by atoms with Crippen molar-refractivity contribution in [2.24, 2.45) is 17.6 Å². The monoisotopic (exact) mass is 286 g/mol. The normalized spacial score (nSPS) is 19.4. The van der Waals surface area contributed by atoms with Crippen LogP contribution in [0.25, 0.3) is 11.0 Å². The van der Waals surface area contributed by atoms with Crippen molar-refractivity contribution in [1.82, 2.24) is 4.90 Å². The van der Waals surface area contributed by atoms with Crippen molar-refractivity contribution in [3.63, 3.8) is 0 Å². The lowest BCUT2D eigenvalue weighted by atomic mass is 9.86. The van der Waals surface area contributed by atoms with E-state index in [-0.39, 0.29) is 6.04 Å². The maximum Gasteiger partial charge on any atom is 0.134 e. The lowest BCUT2D eigenvalue weighted by Gasteiger charge is -2.34. The SMILES string of the molecule is CC(C)C1CCN(CC(N)c2cc3ccccc3o2)CC1. The summed E-state index contributed by atoms with van der Waals surface area (Å²) in [5.74, 6) is 2.59. The van der Waals surface area contributed by atoms with Gasteiger partial charge in [0.1, 0.15) is 11.3 Å². The van der Waals surface area contributed by atoms with Gasteiger partial charge in [0.15, 0.2) is 0 Å². The predicted molar refractivity (Wildman–Crippen MR) is 87.1 cm³/mol. The van der Waals surface area contributed by atoms with E-state index < -0.39 is 0 Å². The van der Waals surface area contributed by atoms with Gasteiger partial charge in [-0.1, -0.05) is 32.0 Å². The number of rotatable bonds is 4. The standard InChI is InChI=1S/C18H26N2O/c1-13(2)14-7-9-20(10-8-14)12-16(19)18-11-15-5-3-4-6-17(15)21-18/h3-6,11,13-14,16H,7-10,12,19H2,1-2H3. The van der Waals surface area contributed by atoms with Gasteiger partial charge < -0.3 is 15.1 Å². The zero-order valence-electron chi connectivity index (χ0n) is 13.1. The van der Waals surface area contributed by atoms with Gasteiger partial charge in [-0.15, -0.1) is 0 Å². The number of piperidine rings is 1. The van der Waals surface area contributed by atoms with Gasteiger partial charge in [0, 0.05) is 11.9 Å². The summed E-state index contributed by atoms with van der Waals surface area (Å²) < 4.78 is 5.88. The van der Waals surface area contributed by atoms with Gasteiger partial charge in [-0.2, -0.15) is 0 Å². The van der Waals surface area contributed by atoms with Crippen molar-refractivity contribution in [3.8, 4) is 0 Å². The lowest BCUT2D eigenvalue weighted by Crippen LogP contribution is -2.39. The van der Waals surface area contributed by atoms with Gasteiger partial charge >= 0.3 is 0 Å². The quantitative estimate of drug-likeness (QED) is 0.929. The second-order valence-electron chi connectivity index (χ2n) is 6.68. The molecule has 1 aromatic carbocycles. The van der Waals surface area contributed by atoms with Gasteiger partial charge in [0.2, 0.25) is 0 Å². The van der Waals surface area contributed by atoms with Crippen molar-refractivity contribution in [3.05, 3.63) is 36.1 Å². The number of para-hydroxylation sites is 1. The number of hydrogen-bond acceptors (Lipinski definition) is 3. The van der Waals surface area contributed by atoms with Crippen LogP contribution in [0.2, 0.25) is 0 Å². The van der Waals surface area contributed by atoms with Crippen molar-refractivity contribution in [2.75, 3.05) is 19.6 Å². The Hall–Kier alpha value is -1.32. The topological polar surface area (TPSA) is 42.4 Å². The Balaban J connectivity index is 1.60. The van der Waals surface area contributed by atoms with E-state index in [0.29, 0.717) is 0 Å². The second-order valence-corrected chi connectivity index (χ2v) is 6.68. The molecule has 21 heavy (non-hydrogen) atoms. The smallest absolute Gasteiger partial charge is 0.134 e. The van der Waals surface area contributed by atoms with E-state index in [4.69, 9.17) is 10.2 Å². The van der Waals surface area contributed by atoms with Crippen LogP contribution < -0.4 is 5.73 Å². The molecule has 0 bridgehead atoms. The Morgan fingerprint density at radius 2 is 1.95 bits per heavy atom. The molecule has 1 saturated heterocycles. The van der Waals surface area contributed by atoms with Crippen LogP contribution in [0.3, 0.4) is 0 Å². The summed E-state index contributed by atoms with van der Waals surface area (Å²) in [7, 11) is 0. The van der Waals surface area contributed by atoms with Crippen LogP contribution in [0.5, 0.6) is 0 Å². The summed E-state index contributed by atoms with van der Waals surface area (Å²) in [6.07, 6.45) is 2.59. The maximum absolute atomic E-state index is 6.35. The summed E-state index contributed by atoms with van der Waals surface area (Å²) in [6, 6.07) is 10.2. The molecule has 3 heteroatoms. The minimum Gasteiger partial charge on any atom is -0.459 e. The molecule has 0 aliphatic carbocycles. The highest BCUT2D eigenvalue weighted by Gasteiger charge is 2.23. The van der Waals surface area contributed by atoms with Crippen LogP contribution in [0.4, 0.5) is 0 Å².